The van der Waals surface area contributed by atoms with E-state index in [9.17, 15) is 26.3 Å². The van der Waals surface area contributed by atoms with Crippen LogP contribution in [-0.2, 0) is 6.18 Å². The fraction of sp³-hybridized carbons (Fsp3) is 0.375. The summed E-state index contributed by atoms with van der Waals surface area (Å²) in [6, 6.07) is 0.487. The Morgan fingerprint density at radius 2 is 1.69 bits per heavy atom. The number of aliphatic hydroxyl groups excluding tert-OH is 1. The molecule has 8 heteroatoms. The van der Waals surface area contributed by atoms with Crippen LogP contribution in [0.25, 0.3) is 0 Å². The van der Waals surface area contributed by atoms with Crippen molar-refractivity contribution in [3.63, 3.8) is 0 Å². The van der Waals surface area contributed by atoms with Crippen molar-refractivity contribution in [2.75, 3.05) is 0 Å². The molecule has 1 N–H and O–H groups in total. The molecule has 0 spiro atoms. The van der Waals surface area contributed by atoms with Gasteiger partial charge < -0.3 is 5.11 Å². The van der Waals surface area contributed by atoms with Crippen molar-refractivity contribution in [3.8, 4) is 0 Å². The minimum Gasteiger partial charge on any atom is -0.379 e. The minimum atomic E-state index is -5.15. The zero-order valence-electron chi connectivity index (χ0n) is 7.47. The van der Waals surface area contributed by atoms with Gasteiger partial charge in [-0.2, -0.15) is 26.3 Å². The molecule has 1 unspecified atom stereocenters. The van der Waals surface area contributed by atoms with Crippen LogP contribution >= 0.6 is 0 Å². The molecule has 0 bridgehead atoms. The Hall–Kier alpha value is -1.31. The molecule has 0 fully saturated rings. The van der Waals surface area contributed by atoms with Crippen LogP contribution in [-0.4, -0.2) is 16.3 Å². The molecule has 0 saturated carbocycles. The molecule has 2 nitrogen and oxygen atoms in total. The summed E-state index contributed by atoms with van der Waals surface area (Å²) >= 11 is 0. The normalized spacial score (nSPS) is 14.9. The van der Waals surface area contributed by atoms with Crippen molar-refractivity contribution in [2.24, 2.45) is 0 Å². The molecular weight excluding hydrogens is 240 g/mol. The highest BCUT2D eigenvalue weighted by Gasteiger charge is 2.44. The third-order valence-electron chi connectivity index (χ3n) is 1.76. The largest absolute Gasteiger partial charge is 0.418 e. The Morgan fingerprint density at radius 3 is 2.12 bits per heavy atom. The van der Waals surface area contributed by atoms with Gasteiger partial charge in [0.2, 0.25) is 0 Å². The third-order valence-corrected chi connectivity index (χ3v) is 1.76. The lowest BCUT2D eigenvalue weighted by Gasteiger charge is -2.18. The third kappa shape index (κ3) is 2.63. The molecule has 0 aliphatic carbocycles. The average molecular weight is 245 g/mol. The first kappa shape index (κ1) is 12.8. The van der Waals surface area contributed by atoms with Gasteiger partial charge in [0.25, 0.3) is 0 Å². The maximum absolute atomic E-state index is 12.3. The topological polar surface area (TPSA) is 33.1 Å². The predicted molar refractivity (Wildman–Crippen MR) is 40.3 cm³/mol. The maximum Gasteiger partial charge on any atom is 0.418 e. The minimum absolute atomic E-state index is 0.240. The van der Waals surface area contributed by atoms with Gasteiger partial charge in [-0.05, 0) is 6.07 Å². The summed E-state index contributed by atoms with van der Waals surface area (Å²) in [5.41, 5.74) is -2.85. The van der Waals surface area contributed by atoms with E-state index in [1.54, 1.807) is 0 Å². The Kier molecular flexibility index (Phi) is 3.13. The van der Waals surface area contributed by atoms with Crippen LogP contribution in [0.1, 0.15) is 17.2 Å². The van der Waals surface area contributed by atoms with Crippen LogP contribution < -0.4 is 0 Å². The molecular formula is C8H5F6NO. The number of nitrogens with zero attached hydrogens (tertiary/aromatic N) is 1. The quantitative estimate of drug-likeness (QED) is 0.771. The monoisotopic (exact) mass is 245 g/mol. The summed E-state index contributed by atoms with van der Waals surface area (Å²) in [6.07, 6.45) is -12.3. The van der Waals surface area contributed by atoms with E-state index in [0.717, 1.165) is 6.20 Å². The van der Waals surface area contributed by atoms with Gasteiger partial charge in [0.15, 0.2) is 6.10 Å². The van der Waals surface area contributed by atoms with Crippen LogP contribution in [0.3, 0.4) is 0 Å². The fourth-order valence-corrected chi connectivity index (χ4v) is 1.06. The van der Waals surface area contributed by atoms with Crippen LogP contribution in [0.2, 0.25) is 0 Å². The molecule has 1 rings (SSSR count). The molecule has 16 heavy (non-hydrogen) atoms. The summed E-state index contributed by atoms with van der Waals surface area (Å²) in [4.78, 5) is 3.08. The van der Waals surface area contributed by atoms with E-state index in [1.165, 1.54) is 0 Å². The molecule has 0 aliphatic rings. The number of rotatable bonds is 1. The van der Waals surface area contributed by atoms with Crippen LogP contribution in [0.4, 0.5) is 26.3 Å². The second-order valence-electron chi connectivity index (χ2n) is 2.90. The number of pyridine rings is 1. The van der Waals surface area contributed by atoms with E-state index in [0.29, 0.717) is 6.07 Å². The molecule has 0 radical (unpaired) electrons. The fourth-order valence-electron chi connectivity index (χ4n) is 1.06. The molecule has 1 heterocycles. The smallest absolute Gasteiger partial charge is 0.379 e. The van der Waals surface area contributed by atoms with Crippen molar-refractivity contribution in [3.05, 3.63) is 29.6 Å². The lowest BCUT2D eigenvalue weighted by Crippen LogP contribution is -2.23. The molecule has 0 aliphatic heterocycles. The molecule has 0 aromatic carbocycles. The number of alkyl halides is 6. The van der Waals surface area contributed by atoms with E-state index >= 15 is 0 Å². The van der Waals surface area contributed by atoms with Gasteiger partial charge in [0.1, 0.15) is 0 Å². The van der Waals surface area contributed by atoms with Gasteiger partial charge in [0.05, 0.1) is 5.56 Å². The number of aromatic nitrogens is 1. The maximum atomic E-state index is 12.3. The van der Waals surface area contributed by atoms with Crippen molar-refractivity contribution in [1.29, 1.82) is 0 Å². The molecule has 0 saturated heterocycles. The van der Waals surface area contributed by atoms with Crippen LogP contribution in [0, 0.1) is 0 Å². The van der Waals surface area contributed by atoms with Gasteiger partial charge in [-0.25, -0.2) is 0 Å². The summed E-state index contributed by atoms with van der Waals surface area (Å²) < 4.78 is 73.0. The highest BCUT2D eigenvalue weighted by Crippen LogP contribution is 2.39. The Balaban J connectivity index is 3.25. The zero-order chi connectivity index (χ0) is 12.6. The molecule has 90 valence electrons. The van der Waals surface area contributed by atoms with Gasteiger partial charge in [-0.15, -0.1) is 0 Å². The summed E-state index contributed by atoms with van der Waals surface area (Å²) in [5.74, 6) is 0. The Bertz CT molecular complexity index is 372. The lowest BCUT2D eigenvalue weighted by molar-refractivity contribution is -0.209. The van der Waals surface area contributed by atoms with Crippen molar-refractivity contribution < 1.29 is 31.4 Å². The van der Waals surface area contributed by atoms with Crippen LogP contribution in [0.15, 0.2) is 18.5 Å². The zero-order valence-corrected chi connectivity index (χ0v) is 7.47. The summed E-state index contributed by atoms with van der Waals surface area (Å²) in [7, 11) is 0. The lowest BCUT2D eigenvalue weighted by atomic mass is 10.0. The number of halogens is 6. The van der Waals surface area contributed by atoms with E-state index in [1.807, 2.05) is 0 Å². The number of hydrogen-bond acceptors (Lipinski definition) is 2. The second-order valence-corrected chi connectivity index (χ2v) is 2.90. The summed E-state index contributed by atoms with van der Waals surface area (Å²) in [5, 5.41) is 8.75. The number of hydrogen-bond donors (Lipinski definition) is 1. The highest BCUT2D eigenvalue weighted by atomic mass is 19.4. The van der Waals surface area contributed by atoms with Crippen LogP contribution in [0.5, 0.6) is 0 Å². The first-order chi connectivity index (χ1) is 7.14. The molecule has 1 atom stereocenters. The van der Waals surface area contributed by atoms with E-state index in [2.05, 4.69) is 4.98 Å². The average Bonchev–Trinajstić information content (AvgIpc) is 2.14. The second kappa shape index (κ2) is 3.93. The number of aliphatic hydroxyl groups is 1. The van der Waals surface area contributed by atoms with Gasteiger partial charge >= 0.3 is 12.4 Å². The van der Waals surface area contributed by atoms with E-state index < -0.39 is 29.6 Å². The Labute approximate surface area is 85.5 Å². The van der Waals surface area contributed by atoms with E-state index in [-0.39, 0.29) is 6.20 Å². The van der Waals surface area contributed by atoms with Gasteiger partial charge in [0, 0.05) is 18.0 Å². The first-order valence-electron chi connectivity index (χ1n) is 3.90. The standard InChI is InChI=1S/C8H5F6NO/c9-7(10,11)5-3-15-2-1-4(5)6(16)8(12,13)14/h1-3,6,16H. The molecule has 1 aromatic rings. The predicted octanol–water partition coefficient (Wildman–Crippen LogP) is 2.70. The van der Waals surface area contributed by atoms with E-state index in [4.69, 9.17) is 5.11 Å². The molecule has 0 amide bonds. The first-order valence-corrected chi connectivity index (χ1v) is 3.90. The SMILES string of the molecule is OC(c1ccncc1C(F)(F)F)C(F)(F)F. The Morgan fingerprint density at radius 1 is 1.12 bits per heavy atom. The van der Waals surface area contributed by atoms with Gasteiger partial charge in [-0.1, -0.05) is 0 Å². The highest BCUT2D eigenvalue weighted by molar-refractivity contribution is 5.29. The summed E-state index contributed by atoms with van der Waals surface area (Å²) in [6.45, 7) is 0. The molecule has 1 aromatic heterocycles. The van der Waals surface area contributed by atoms with Gasteiger partial charge in [-0.3, -0.25) is 4.98 Å². The van der Waals surface area contributed by atoms with Crippen molar-refractivity contribution >= 4 is 0 Å². The van der Waals surface area contributed by atoms with Crippen molar-refractivity contribution in [2.45, 2.75) is 18.5 Å². The van der Waals surface area contributed by atoms with Crippen molar-refractivity contribution in [1.82, 2.24) is 4.98 Å².